The zero-order chi connectivity index (χ0) is 18.7. The molecule has 0 aliphatic carbocycles. The van der Waals surface area contributed by atoms with Crippen molar-refractivity contribution in [2.45, 2.75) is 36.6 Å². The molecule has 4 rings (SSSR count). The summed E-state index contributed by atoms with van der Waals surface area (Å²) < 4.78 is 5.82. The molecule has 1 saturated heterocycles. The number of hydrogen-bond donors (Lipinski definition) is 2. The maximum Gasteiger partial charge on any atom is 0.166 e. The van der Waals surface area contributed by atoms with Gasteiger partial charge in [-0.15, -0.1) is 0 Å². The minimum absolute atomic E-state index is 0.0456. The number of aliphatic hydroxyl groups is 1. The number of aromatic amines is 1. The molecule has 0 radical (unpaired) electrons. The molecule has 0 spiro atoms. The Morgan fingerprint density at radius 1 is 1.11 bits per heavy atom. The normalized spacial score (nSPS) is 22.7. The van der Waals surface area contributed by atoms with Crippen LogP contribution in [-0.4, -0.2) is 39.1 Å². The van der Waals surface area contributed by atoms with Gasteiger partial charge in [0.2, 0.25) is 0 Å². The highest BCUT2D eigenvalue weighted by Gasteiger charge is 2.30. The first-order chi connectivity index (χ1) is 13.1. The minimum Gasteiger partial charge on any atom is -0.390 e. The second kappa shape index (κ2) is 7.89. The van der Waals surface area contributed by atoms with Gasteiger partial charge in [-0.25, -0.2) is 4.98 Å². The number of thioether (sulfide) groups is 1. The summed E-state index contributed by atoms with van der Waals surface area (Å²) in [6.07, 6.45) is 1.41. The van der Waals surface area contributed by atoms with Crippen LogP contribution < -0.4 is 0 Å². The molecule has 2 aromatic carbocycles. The molecule has 2 heterocycles. The Morgan fingerprint density at radius 3 is 2.44 bits per heavy atom. The summed E-state index contributed by atoms with van der Waals surface area (Å²) in [4.78, 5) is 8.36. The van der Waals surface area contributed by atoms with Crippen molar-refractivity contribution in [3.8, 4) is 22.5 Å². The van der Waals surface area contributed by atoms with Crippen LogP contribution in [0.15, 0.2) is 65.8 Å². The zero-order valence-corrected chi connectivity index (χ0v) is 16.2. The van der Waals surface area contributed by atoms with Crippen LogP contribution >= 0.6 is 11.8 Å². The number of imidazole rings is 1. The summed E-state index contributed by atoms with van der Waals surface area (Å²) in [5.74, 6) is 0.770. The van der Waals surface area contributed by atoms with Crippen molar-refractivity contribution in [2.75, 3.05) is 12.4 Å². The van der Waals surface area contributed by atoms with Gasteiger partial charge in [0, 0.05) is 29.9 Å². The number of ether oxygens (including phenoxy) is 1. The Morgan fingerprint density at radius 2 is 1.78 bits per heavy atom. The van der Waals surface area contributed by atoms with Crippen molar-refractivity contribution in [2.24, 2.45) is 0 Å². The van der Waals surface area contributed by atoms with Crippen molar-refractivity contribution >= 4 is 11.8 Å². The van der Waals surface area contributed by atoms with Crippen molar-refractivity contribution < 1.29 is 9.84 Å². The van der Waals surface area contributed by atoms with Gasteiger partial charge in [-0.2, -0.15) is 0 Å². The fourth-order valence-corrected chi connectivity index (χ4v) is 4.30. The van der Waals surface area contributed by atoms with Gasteiger partial charge >= 0.3 is 0 Å². The van der Waals surface area contributed by atoms with Gasteiger partial charge in [0.1, 0.15) is 0 Å². The van der Waals surface area contributed by atoms with E-state index in [9.17, 15) is 5.11 Å². The van der Waals surface area contributed by atoms with Crippen molar-refractivity contribution in [3.63, 3.8) is 0 Å². The van der Waals surface area contributed by atoms with Gasteiger partial charge in [-0.1, -0.05) is 72.4 Å². The number of benzene rings is 2. The van der Waals surface area contributed by atoms with E-state index in [1.165, 1.54) is 0 Å². The second-order valence-electron chi connectivity index (χ2n) is 7.25. The lowest BCUT2D eigenvalue weighted by Gasteiger charge is -2.33. The molecule has 1 aliphatic heterocycles. The second-order valence-corrected chi connectivity index (χ2v) is 8.26. The van der Waals surface area contributed by atoms with Crippen LogP contribution in [0.1, 0.15) is 19.8 Å². The Balaban J connectivity index is 1.58. The van der Waals surface area contributed by atoms with E-state index in [1.54, 1.807) is 11.8 Å². The SMILES string of the molecule is CC1(O)CCOC(CSc2nc(-c3ccccc3)c(-c3ccccc3)[nH]2)C1. The Bertz CT molecular complexity index is 821. The lowest BCUT2D eigenvalue weighted by atomic mass is 9.93. The quantitative estimate of drug-likeness (QED) is 0.626. The summed E-state index contributed by atoms with van der Waals surface area (Å²) in [6, 6.07) is 20.5. The number of nitrogens with one attached hydrogen (secondary N) is 1. The van der Waals surface area contributed by atoms with Crippen molar-refractivity contribution in [1.82, 2.24) is 9.97 Å². The first-order valence-electron chi connectivity index (χ1n) is 9.28. The van der Waals surface area contributed by atoms with Crippen molar-refractivity contribution in [1.29, 1.82) is 0 Å². The third-order valence-electron chi connectivity index (χ3n) is 4.86. The molecule has 1 aromatic heterocycles. The predicted molar refractivity (Wildman–Crippen MR) is 110 cm³/mol. The van der Waals surface area contributed by atoms with E-state index in [0.29, 0.717) is 19.4 Å². The van der Waals surface area contributed by atoms with Gasteiger partial charge < -0.3 is 14.8 Å². The van der Waals surface area contributed by atoms with Gasteiger partial charge in [-0.05, 0) is 13.3 Å². The molecule has 5 heteroatoms. The summed E-state index contributed by atoms with van der Waals surface area (Å²) in [5.41, 5.74) is 3.57. The van der Waals surface area contributed by atoms with Gasteiger partial charge in [0.15, 0.2) is 5.16 Å². The first-order valence-corrected chi connectivity index (χ1v) is 10.3. The molecule has 2 N–H and O–H groups in total. The maximum absolute atomic E-state index is 10.3. The molecule has 1 aliphatic rings. The number of aromatic nitrogens is 2. The predicted octanol–water partition coefficient (Wildman–Crippen LogP) is 4.77. The fraction of sp³-hybridized carbons (Fsp3) is 0.318. The topological polar surface area (TPSA) is 58.1 Å². The number of H-pyrrole nitrogens is 1. The number of hydrogen-bond acceptors (Lipinski definition) is 4. The van der Waals surface area contributed by atoms with Crippen LogP contribution in [0.2, 0.25) is 0 Å². The van der Waals surface area contributed by atoms with Gasteiger partial charge in [0.05, 0.1) is 23.1 Å². The van der Waals surface area contributed by atoms with E-state index < -0.39 is 5.60 Å². The van der Waals surface area contributed by atoms with E-state index in [4.69, 9.17) is 9.72 Å². The highest BCUT2D eigenvalue weighted by molar-refractivity contribution is 7.99. The standard InChI is InChI=1S/C22H24N2O2S/c1-22(25)12-13-26-18(14-22)15-27-21-23-19(16-8-4-2-5-9-16)20(24-21)17-10-6-3-7-11-17/h2-11,18,25H,12-15H2,1H3,(H,23,24). The lowest BCUT2D eigenvalue weighted by molar-refractivity contribution is -0.0848. The molecule has 0 bridgehead atoms. The zero-order valence-electron chi connectivity index (χ0n) is 15.4. The summed E-state index contributed by atoms with van der Waals surface area (Å²) >= 11 is 1.65. The molecule has 27 heavy (non-hydrogen) atoms. The van der Waals surface area contributed by atoms with Gasteiger partial charge in [0.25, 0.3) is 0 Å². The third kappa shape index (κ3) is 4.43. The first kappa shape index (κ1) is 18.3. The highest BCUT2D eigenvalue weighted by atomic mass is 32.2. The minimum atomic E-state index is -0.628. The van der Waals surface area contributed by atoms with Gasteiger partial charge in [-0.3, -0.25) is 0 Å². The van der Waals surface area contributed by atoms with E-state index in [0.717, 1.165) is 33.4 Å². The lowest BCUT2D eigenvalue weighted by Crippen LogP contribution is -2.39. The highest BCUT2D eigenvalue weighted by Crippen LogP contribution is 2.34. The third-order valence-corrected chi connectivity index (χ3v) is 5.86. The Hall–Kier alpha value is -2.08. The van der Waals surface area contributed by atoms with Crippen LogP contribution in [-0.2, 0) is 4.74 Å². The van der Waals surface area contributed by atoms with Crippen LogP contribution in [0.5, 0.6) is 0 Å². The summed E-state index contributed by atoms with van der Waals surface area (Å²) in [7, 11) is 0. The molecule has 0 saturated carbocycles. The van der Waals surface area contributed by atoms with E-state index in [1.807, 2.05) is 43.3 Å². The van der Waals surface area contributed by atoms with Crippen LogP contribution in [0.25, 0.3) is 22.5 Å². The summed E-state index contributed by atoms with van der Waals surface area (Å²) in [6.45, 7) is 2.50. The monoisotopic (exact) mass is 380 g/mol. The molecule has 0 amide bonds. The van der Waals surface area contributed by atoms with E-state index in [-0.39, 0.29) is 6.10 Å². The largest absolute Gasteiger partial charge is 0.390 e. The Kier molecular flexibility index (Phi) is 5.34. The average Bonchev–Trinajstić information content (AvgIpc) is 3.11. The van der Waals surface area contributed by atoms with Crippen LogP contribution in [0.4, 0.5) is 0 Å². The number of rotatable bonds is 5. The Labute approximate surface area is 164 Å². The molecule has 140 valence electrons. The van der Waals surface area contributed by atoms with E-state index >= 15 is 0 Å². The number of nitrogens with zero attached hydrogens (tertiary/aromatic N) is 1. The summed E-state index contributed by atoms with van der Waals surface area (Å²) in [5, 5.41) is 11.2. The maximum atomic E-state index is 10.3. The molecule has 1 fully saturated rings. The smallest absolute Gasteiger partial charge is 0.166 e. The molecular formula is C22H24N2O2S. The molecule has 2 unspecified atom stereocenters. The van der Waals surface area contributed by atoms with Crippen molar-refractivity contribution in [3.05, 3.63) is 60.7 Å². The molecule has 2 atom stereocenters. The fourth-order valence-electron chi connectivity index (χ4n) is 3.41. The average molecular weight is 381 g/mol. The molecular weight excluding hydrogens is 356 g/mol. The molecule has 3 aromatic rings. The van der Waals surface area contributed by atoms with E-state index in [2.05, 4.69) is 29.2 Å². The van der Waals surface area contributed by atoms with Crippen LogP contribution in [0, 0.1) is 0 Å². The molecule has 4 nitrogen and oxygen atoms in total. The van der Waals surface area contributed by atoms with Crippen LogP contribution in [0.3, 0.4) is 0 Å².